The summed E-state index contributed by atoms with van der Waals surface area (Å²) in [5.41, 5.74) is 1.98. The molecule has 0 saturated heterocycles. The number of fused-ring (bicyclic) bond motifs is 1. The predicted octanol–water partition coefficient (Wildman–Crippen LogP) is 4.38. The minimum Gasteiger partial charge on any atom is -0.229 e. The first kappa shape index (κ1) is 17.6. The van der Waals surface area contributed by atoms with Crippen LogP contribution < -0.4 is 0 Å². The average Bonchev–Trinajstić information content (AvgIpc) is 3.18. The van der Waals surface area contributed by atoms with Gasteiger partial charge in [0.15, 0.2) is 5.82 Å². The summed E-state index contributed by atoms with van der Waals surface area (Å²) in [5.74, 6) is 1.53. The molecule has 0 N–H and O–H groups in total. The molecule has 0 aliphatic carbocycles. The largest absolute Gasteiger partial charge is 0.229 e. The number of aromatic nitrogens is 6. The van der Waals surface area contributed by atoms with Crippen LogP contribution in [0.2, 0.25) is 0 Å². The van der Waals surface area contributed by atoms with Crippen molar-refractivity contribution in [2.24, 2.45) is 0 Å². The fourth-order valence-corrected chi connectivity index (χ4v) is 3.84. The first-order valence-electron chi connectivity index (χ1n) is 9.05. The summed E-state index contributed by atoms with van der Waals surface area (Å²) < 4.78 is 1.88. The van der Waals surface area contributed by atoms with E-state index in [1.165, 1.54) is 0 Å². The van der Waals surface area contributed by atoms with Crippen molar-refractivity contribution in [3.05, 3.63) is 60.4 Å². The van der Waals surface area contributed by atoms with Gasteiger partial charge in [-0.05, 0) is 16.8 Å². The third-order valence-corrected chi connectivity index (χ3v) is 5.35. The summed E-state index contributed by atoms with van der Waals surface area (Å²) in [4.78, 5) is 0. The second-order valence-corrected chi connectivity index (χ2v) is 7.19. The van der Waals surface area contributed by atoms with E-state index in [9.17, 15) is 0 Å². The fourth-order valence-electron chi connectivity index (χ4n) is 2.94. The highest BCUT2D eigenvalue weighted by atomic mass is 32.2. The van der Waals surface area contributed by atoms with Crippen molar-refractivity contribution in [1.82, 2.24) is 30.4 Å². The molecule has 2 aromatic carbocycles. The summed E-state index contributed by atoms with van der Waals surface area (Å²) in [6.07, 6.45) is 2.18. The highest BCUT2D eigenvalue weighted by Gasteiger charge is 2.13. The van der Waals surface area contributed by atoms with Crippen LogP contribution in [0, 0.1) is 0 Å². The van der Waals surface area contributed by atoms with Crippen molar-refractivity contribution in [1.29, 1.82) is 0 Å². The number of hydrogen-bond acceptors (Lipinski definition) is 6. The number of hydrogen-bond donors (Lipinski definition) is 0. The molecule has 0 radical (unpaired) electrons. The third-order valence-electron chi connectivity index (χ3n) is 4.37. The highest BCUT2D eigenvalue weighted by Crippen LogP contribution is 2.32. The molecule has 27 heavy (non-hydrogen) atoms. The van der Waals surface area contributed by atoms with E-state index < -0.39 is 0 Å². The van der Waals surface area contributed by atoms with Crippen molar-refractivity contribution in [2.75, 3.05) is 0 Å². The monoisotopic (exact) mass is 376 g/mol. The maximum atomic E-state index is 4.52. The van der Waals surface area contributed by atoms with Crippen LogP contribution in [0.4, 0.5) is 0 Å². The third kappa shape index (κ3) is 3.83. The van der Waals surface area contributed by atoms with E-state index in [0.717, 1.165) is 52.3 Å². The zero-order chi connectivity index (χ0) is 18.5. The lowest BCUT2D eigenvalue weighted by atomic mass is 10.1. The van der Waals surface area contributed by atoms with Crippen LogP contribution in [-0.2, 0) is 12.3 Å². The van der Waals surface area contributed by atoms with Gasteiger partial charge in [0.1, 0.15) is 10.7 Å². The molecule has 7 heteroatoms. The molecular formula is C20H20N6S. The second-order valence-electron chi connectivity index (χ2n) is 6.23. The van der Waals surface area contributed by atoms with Gasteiger partial charge in [-0.25, -0.2) is 4.68 Å². The van der Waals surface area contributed by atoms with E-state index in [1.807, 2.05) is 35.0 Å². The van der Waals surface area contributed by atoms with E-state index in [1.54, 1.807) is 11.8 Å². The second kappa shape index (κ2) is 8.26. The van der Waals surface area contributed by atoms with E-state index in [0.29, 0.717) is 5.75 Å². The van der Waals surface area contributed by atoms with Gasteiger partial charge in [0.2, 0.25) is 0 Å². The molecule has 4 rings (SSSR count). The first-order valence-corrected chi connectivity index (χ1v) is 10.0. The van der Waals surface area contributed by atoms with Crippen molar-refractivity contribution < 1.29 is 0 Å². The van der Waals surface area contributed by atoms with Crippen LogP contribution >= 0.6 is 11.8 Å². The molecule has 6 nitrogen and oxygen atoms in total. The molecule has 0 bridgehead atoms. The lowest BCUT2D eigenvalue weighted by molar-refractivity contribution is 0.540. The molecule has 0 spiro atoms. The highest BCUT2D eigenvalue weighted by molar-refractivity contribution is 7.98. The number of nitrogens with zero attached hydrogens (tertiary/aromatic N) is 6. The smallest absolute Gasteiger partial charge is 0.161 e. The van der Waals surface area contributed by atoms with Gasteiger partial charge in [0.25, 0.3) is 0 Å². The van der Waals surface area contributed by atoms with Crippen molar-refractivity contribution in [3.63, 3.8) is 0 Å². The fraction of sp³-hybridized carbons (Fsp3) is 0.250. The van der Waals surface area contributed by atoms with Crippen LogP contribution in [0.1, 0.15) is 25.6 Å². The summed E-state index contributed by atoms with van der Waals surface area (Å²) >= 11 is 1.62. The summed E-state index contributed by atoms with van der Waals surface area (Å²) in [7, 11) is 0. The van der Waals surface area contributed by atoms with Crippen LogP contribution in [0.5, 0.6) is 0 Å². The summed E-state index contributed by atoms with van der Waals surface area (Å²) in [5, 5.41) is 24.2. The van der Waals surface area contributed by atoms with Gasteiger partial charge in [0, 0.05) is 22.9 Å². The molecule has 0 saturated carbocycles. The lowest BCUT2D eigenvalue weighted by Gasteiger charge is -2.09. The molecule has 0 fully saturated rings. The van der Waals surface area contributed by atoms with Gasteiger partial charge in [-0.15, -0.1) is 15.3 Å². The standard InChI is InChI=1S/C20H20N6S/c1-2-3-13-26-18(21-24-25-26)14-27-20-17-12-8-7-11-16(17)19(22-23-20)15-9-5-4-6-10-15/h4-12H,2-3,13-14H2,1H3. The molecule has 0 amide bonds. The quantitative estimate of drug-likeness (QED) is 0.446. The Morgan fingerprint density at radius 1 is 0.889 bits per heavy atom. The molecule has 0 aliphatic rings. The Kier molecular flexibility index (Phi) is 5.39. The van der Waals surface area contributed by atoms with Crippen molar-refractivity contribution in [2.45, 2.75) is 37.1 Å². The number of tetrazole rings is 1. The number of aryl methyl sites for hydroxylation is 1. The van der Waals surface area contributed by atoms with Gasteiger partial charge in [0.05, 0.1) is 5.75 Å². The number of unbranched alkanes of at least 4 members (excludes halogenated alkanes) is 1. The van der Waals surface area contributed by atoms with Gasteiger partial charge in [-0.3, -0.25) is 0 Å². The molecule has 4 aromatic rings. The Morgan fingerprint density at radius 2 is 1.67 bits per heavy atom. The normalized spacial score (nSPS) is 11.1. The van der Waals surface area contributed by atoms with Crippen molar-refractivity contribution >= 4 is 22.5 Å². The maximum absolute atomic E-state index is 4.52. The Labute approximate surface area is 162 Å². The molecule has 2 heterocycles. The van der Waals surface area contributed by atoms with Gasteiger partial charge < -0.3 is 0 Å². The van der Waals surface area contributed by atoms with E-state index in [2.05, 4.69) is 56.9 Å². The number of benzene rings is 2. The SMILES string of the molecule is CCCCn1nnnc1CSc1nnc(-c2ccccc2)c2ccccc12. The van der Waals surface area contributed by atoms with Gasteiger partial charge in [-0.1, -0.05) is 79.7 Å². The van der Waals surface area contributed by atoms with E-state index >= 15 is 0 Å². The van der Waals surface area contributed by atoms with E-state index in [-0.39, 0.29) is 0 Å². The predicted molar refractivity (Wildman–Crippen MR) is 107 cm³/mol. The molecule has 0 atom stereocenters. The maximum Gasteiger partial charge on any atom is 0.161 e. The van der Waals surface area contributed by atoms with Crippen LogP contribution in [0.3, 0.4) is 0 Å². The zero-order valence-corrected chi connectivity index (χ0v) is 15.9. The van der Waals surface area contributed by atoms with Crippen LogP contribution in [0.15, 0.2) is 59.6 Å². The molecular weight excluding hydrogens is 356 g/mol. The lowest BCUT2D eigenvalue weighted by Crippen LogP contribution is -2.05. The van der Waals surface area contributed by atoms with Crippen molar-refractivity contribution in [3.8, 4) is 11.3 Å². The average molecular weight is 376 g/mol. The van der Waals surface area contributed by atoms with E-state index in [4.69, 9.17) is 0 Å². The molecule has 136 valence electrons. The van der Waals surface area contributed by atoms with Crippen LogP contribution in [0.25, 0.3) is 22.0 Å². The summed E-state index contributed by atoms with van der Waals surface area (Å²) in [6, 6.07) is 18.4. The number of rotatable bonds is 7. The molecule has 2 aromatic heterocycles. The summed E-state index contributed by atoms with van der Waals surface area (Å²) in [6.45, 7) is 3.01. The molecule has 0 unspecified atom stereocenters. The zero-order valence-electron chi connectivity index (χ0n) is 15.1. The minimum atomic E-state index is 0.667. The Bertz CT molecular complexity index is 1030. The topological polar surface area (TPSA) is 69.4 Å². The Balaban J connectivity index is 1.63. The van der Waals surface area contributed by atoms with Gasteiger partial charge >= 0.3 is 0 Å². The van der Waals surface area contributed by atoms with Gasteiger partial charge in [-0.2, -0.15) is 0 Å². The minimum absolute atomic E-state index is 0.667. The van der Waals surface area contributed by atoms with Crippen LogP contribution in [-0.4, -0.2) is 30.4 Å². The first-order chi connectivity index (χ1) is 13.4. The molecule has 0 aliphatic heterocycles. The Morgan fingerprint density at radius 3 is 2.48 bits per heavy atom. The number of thioether (sulfide) groups is 1. The Hall–Kier alpha value is -2.80.